The van der Waals surface area contributed by atoms with E-state index >= 15 is 0 Å². The van der Waals surface area contributed by atoms with Crippen molar-refractivity contribution < 1.29 is 23.8 Å². The average Bonchev–Trinajstić information content (AvgIpc) is 2.80. The molecule has 1 aromatic heterocycles. The second-order valence-corrected chi connectivity index (χ2v) is 9.95. The average molecular weight is 468 g/mol. The Morgan fingerprint density at radius 2 is 1.78 bits per heavy atom. The zero-order chi connectivity index (χ0) is 23.9. The van der Waals surface area contributed by atoms with Crippen LogP contribution >= 0.6 is 11.8 Å². The summed E-state index contributed by atoms with van der Waals surface area (Å²) in [6, 6.07) is 2.94. The quantitative estimate of drug-likeness (QED) is 0.445. The summed E-state index contributed by atoms with van der Waals surface area (Å²) in [5, 5.41) is 0.669. The third kappa shape index (κ3) is 6.61. The lowest BCUT2D eigenvalue weighted by Crippen LogP contribution is -2.40. The van der Waals surface area contributed by atoms with Crippen LogP contribution in [0.4, 0.5) is 0 Å². The van der Waals surface area contributed by atoms with Crippen molar-refractivity contribution in [2.24, 2.45) is 5.92 Å². The second kappa shape index (κ2) is 11.4. The Bertz CT molecular complexity index is 863. The van der Waals surface area contributed by atoms with E-state index in [4.69, 9.17) is 14.2 Å². The lowest BCUT2D eigenvalue weighted by atomic mass is 9.88. The number of ether oxygens (including phenoxy) is 3. The Balaban J connectivity index is 2.08. The molecule has 1 aliphatic rings. The van der Waals surface area contributed by atoms with Gasteiger partial charge in [-0.05, 0) is 52.0 Å². The maximum absolute atomic E-state index is 13.0. The van der Waals surface area contributed by atoms with Crippen molar-refractivity contribution in [1.29, 1.82) is 0 Å². The van der Waals surface area contributed by atoms with E-state index in [-0.39, 0.29) is 29.2 Å². The standard InChI is InChI=1S/C24H37NO6S/c1-7-12-30-21(27)17-13-19(26)25-15-18(16-32-20(25)14-17)22(28)31-24(5,9-3)11-10-23(4,8-2)29-6/h13-14,18H,7-12,15-16H2,1-6H3. The number of hydrogen-bond acceptors (Lipinski definition) is 7. The molecule has 0 fully saturated rings. The van der Waals surface area contributed by atoms with Gasteiger partial charge < -0.3 is 18.8 Å². The molecule has 0 aromatic carbocycles. The van der Waals surface area contributed by atoms with Crippen molar-refractivity contribution in [2.75, 3.05) is 19.5 Å². The van der Waals surface area contributed by atoms with Crippen LogP contribution in [-0.4, -0.2) is 47.2 Å². The summed E-state index contributed by atoms with van der Waals surface area (Å²) in [5.74, 6) is -0.713. The van der Waals surface area contributed by atoms with Gasteiger partial charge in [0.2, 0.25) is 0 Å². The van der Waals surface area contributed by atoms with Gasteiger partial charge in [0.15, 0.2) is 0 Å². The summed E-state index contributed by atoms with van der Waals surface area (Å²) in [6.45, 7) is 10.6. The molecule has 3 atom stereocenters. The fraction of sp³-hybridized carbons (Fsp3) is 0.708. The largest absolute Gasteiger partial charge is 0.462 e. The number of methoxy groups -OCH3 is 1. The highest BCUT2D eigenvalue weighted by atomic mass is 32.2. The summed E-state index contributed by atoms with van der Waals surface area (Å²) in [4.78, 5) is 37.7. The van der Waals surface area contributed by atoms with Gasteiger partial charge in [-0.15, -0.1) is 11.8 Å². The van der Waals surface area contributed by atoms with Crippen LogP contribution in [0.3, 0.4) is 0 Å². The first-order valence-electron chi connectivity index (χ1n) is 11.4. The monoisotopic (exact) mass is 467 g/mol. The topological polar surface area (TPSA) is 83.8 Å². The highest BCUT2D eigenvalue weighted by Crippen LogP contribution is 2.33. The lowest BCUT2D eigenvalue weighted by molar-refractivity contribution is -0.165. The third-order valence-electron chi connectivity index (χ3n) is 6.45. The number of pyridine rings is 1. The summed E-state index contributed by atoms with van der Waals surface area (Å²) in [6.07, 6.45) is 3.78. The van der Waals surface area contributed by atoms with E-state index in [1.54, 1.807) is 17.7 Å². The third-order valence-corrected chi connectivity index (χ3v) is 7.65. The van der Waals surface area contributed by atoms with Crippen LogP contribution in [0.25, 0.3) is 0 Å². The van der Waals surface area contributed by atoms with Crippen molar-refractivity contribution in [3.05, 3.63) is 28.0 Å². The number of hydrogen-bond donors (Lipinski definition) is 0. The number of nitrogens with zero attached hydrogens (tertiary/aromatic N) is 1. The highest BCUT2D eigenvalue weighted by Gasteiger charge is 2.35. The first-order chi connectivity index (χ1) is 15.1. The molecule has 2 heterocycles. The number of carbonyl (C=O) groups is 2. The van der Waals surface area contributed by atoms with Crippen LogP contribution in [0.1, 0.15) is 77.1 Å². The molecule has 180 valence electrons. The number of fused-ring (bicyclic) bond motifs is 1. The molecule has 32 heavy (non-hydrogen) atoms. The molecule has 3 unspecified atom stereocenters. The Labute approximate surface area is 195 Å². The van der Waals surface area contributed by atoms with E-state index in [1.165, 1.54) is 17.8 Å². The molecule has 1 aliphatic heterocycles. The predicted octanol–water partition coefficient (Wildman–Crippen LogP) is 4.44. The van der Waals surface area contributed by atoms with Crippen molar-refractivity contribution in [3.63, 3.8) is 0 Å². The number of esters is 2. The maximum Gasteiger partial charge on any atom is 0.338 e. The number of aromatic nitrogens is 1. The molecule has 2 rings (SSSR count). The van der Waals surface area contributed by atoms with E-state index in [0.717, 1.165) is 12.8 Å². The van der Waals surface area contributed by atoms with E-state index in [9.17, 15) is 14.4 Å². The normalized spacial score (nSPS) is 19.4. The number of carbonyl (C=O) groups excluding carboxylic acids is 2. The maximum atomic E-state index is 13.0. The van der Waals surface area contributed by atoms with E-state index in [1.807, 2.05) is 20.8 Å². The van der Waals surface area contributed by atoms with Crippen molar-refractivity contribution in [2.45, 2.75) is 89.5 Å². The van der Waals surface area contributed by atoms with E-state index in [2.05, 4.69) is 13.8 Å². The second-order valence-electron chi connectivity index (χ2n) is 8.91. The molecule has 0 bridgehead atoms. The van der Waals surface area contributed by atoms with Crippen LogP contribution in [0.15, 0.2) is 22.0 Å². The predicted molar refractivity (Wildman–Crippen MR) is 125 cm³/mol. The fourth-order valence-electron chi connectivity index (χ4n) is 3.45. The minimum atomic E-state index is -0.588. The van der Waals surface area contributed by atoms with Gasteiger partial charge >= 0.3 is 11.9 Å². The fourth-order valence-corrected chi connectivity index (χ4v) is 4.59. The summed E-state index contributed by atoms with van der Waals surface area (Å²) >= 11 is 1.39. The summed E-state index contributed by atoms with van der Waals surface area (Å²) < 4.78 is 18.3. The molecule has 0 saturated heterocycles. The van der Waals surface area contributed by atoms with Crippen LogP contribution in [-0.2, 0) is 25.5 Å². The van der Waals surface area contributed by atoms with Gasteiger partial charge in [0.25, 0.3) is 5.56 Å². The van der Waals surface area contributed by atoms with Gasteiger partial charge in [-0.1, -0.05) is 20.8 Å². The van der Waals surface area contributed by atoms with Crippen LogP contribution < -0.4 is 5.56 Å². The molecular weight excluding hydrogens is 430 g/mol. The molecule has 7 nitrogen and oxygen atoms in total. The number of rotatable bonds is 11. The SMILES string of the molecule is CCCOC(=O)c1cc2n(c(=O)c1)CC(C(=O)OC(C)(CC)CCC(C)(CC)OC)CS2. The molecule has 0 spiro atoms. The van der Waals surface area contributed by atoms with Crippen LogP contribution in [0.5, 0.6) is 0 Å². The molecule has 0 aliphatic carbocycles. The lowest BCUT2D eigenvalue weighted by Gasteiger charge is -2.35. The zero-order valence-corrected chi connectivity index (χ0v) is 21.0. The first kappa shape index (κ1) is 26.5. The van der Waals surface area contributed by atoms with Gasteiger partial charge in [-0.25, -0.2) is 4.79 Å². The first-order valence-corrected chi connectivity index (χ1v) is 12.4. The van der Waals surface area contributed by atoms with Crippen molar-refractivity contribution in [3.8, 4) is 0 Å². The van der Waals surface area contributed by atoms with Crippen LogP contribution in [0.2, 0.25) is 0 Å². The molecule has 0 N–H and O–H groups in total. The van der Waals surface area contributed by atoms with Crippen molar-refractivity contribution in [1.82, 2.24) is 4.57 Å². The van der Waals surface area contributed by atoms with E-state index in [0.29, 0.717) is 36.6 Å². The molecule has 0 amide bonds. The minimum Gasteiger partial charge on any atom is -0.462 e. The van der Waals surface area contributed by atoms with Gasteiger partial charge in [0, 0.05) is 25.5 Å². The highest BCUT2D eigenvalue weighted by molar-refractivity contribution is 7.99. The Hall–Kier alpha value is -1.80. The number of thioether (sulfide) groups is 1. The Morgan fingerprint density at radius 3 is 2.38 bits per heavy atom. The molecular formula is C24H37NO6S. The van der Waals surface area contributed by atoms with Crippen molar-refractivity contribution >= 4 is 23.7 Å². The van der Waals surface area contributed by atoms with Gasteiger partial charge in [0.1, 0.15) is 5.60 Å². The molecule has 8 heteroatoms. The molecule has 0 radical (unpaired) electrons. The summed E-state index contributed by atoms with van der Waals surface area (Å²) in [5.41, 5.74) is -0.896. The smallest absolute Gasteiger partial charge is 0.338 e. The summed E-state index contributed by atoms with van der Waals surface area (Å²) in [7, 11) is 1.71. The van der Waals surface area contributed by atoms with Gasteiger partial charge in [-0.2, -0.15) is 0 Å². The Morgan fingerprint density at radius 1 is 1.12 bits per heavy atom. The Kier molecular flexibility index (Phi) is 9.40. The molecule has 0 saturated carbocycles. The zero-order valence-electron chi connectivity index (χ0n) is 20.2. The molecule has 1 aromatic rings. The minimum absolute atomic E-state index is 0.244. The van der Waals surface area contributed by atoms with Gasteiger partial charge in [-0.3, -0.25) is 9.59 Å². The van der Waals surface area contributed by atoms with Gasteiger partial charge in [0.05, 0.1) is 28.7 Å². The van der Waals surface area contributed by atoms with Crippen LogP contribution in [0, 0.1) is 5.92 Å². The van der Waals surface area contributed by atoms with E-state index < -0.39 is 17.5 Å².